The minimum absolute atomic E-state index is 0.0194. The molecule has 1 saturated carbocycles. The van der Waals surface area contributed by atoms with Crippen LogP contribution in [0, 0.1) is 23.7 Å². The molecule has 4 atom stereocenters. The summed E-state index contributed by atoms with van der Waals surface area (Å²) in [6, 6.07) is 4.95. The highest BCUT2D eigenvalue weighted by molar-refractivity contribution is 6.44. The molecule has 0 aliphatic heterocycles. The van der Waals surface area contributed by atoms with Gasteiger partial charge in [0.2, 0.25) is 5.91 Å². The van der Waals surface area contributed by atoms with Crippen molar-refractivity contribution in [3.05, 3.63) is 40.4 Å². The molecule has 4 nitrogen and oxygen atoms in total. The van der Waals surface area contributed by atoms with Crippen LogP contribution in [0.5, 0.6) is 0 Å². The number of anilines is 1. The number of carbonyl (C=O) groups is 2. The third-order valence-corrected chi connectivity index (χ3v) is 5.08. The van der Waals surface area contributed by atoms with Crippen LogP contribution >= 0.6 is 23.2 Å². The van der Waals surface area contributed by atoms with Crippen molar-refractivity contribution in [2.75, 3.05) is 5.32 Å². The fourth-order valence-corrected chi connectivity index (χ4v) is 3.68. The minimum Gasteiger partial charge on any atom is -0.481 e. The van der Waals surface area contributed by atoms with Gasteiger partial charge < -0.3 is 10.4 Å². The van der Waals surface area contributed by atoms with E-state index in [1.165, 1.54) is 0 Å². The van der Waals surface area contributed by atoms with E-state index in [1.807, 2.05) is 12.2 Å². The summed E-state index contributed by atoms with van der Waals surface area (Å²) >= 11 is 12.0. The Balaban J connectivity index is 1.84. The summed E-state index contributed by atoms with van der Waals surface area (Å²) in [4.78, 5) is 23.9. The number of carboxylic acids is 1. The number of fused-ring (bicyclic) bond motifs is 2. The lowest BCUT2D eigenvalue weighted by Gasteiger charge is -2.24. The van der Waals surface area contributed by atoms with Crippen molar-refractivity contribution in [3.63, 3.8) is 0 Å². The van der Waals surface area contributed by atoms with Crippen LogP contribution in [-0.4, -0.2) is 17.0 Å². The molecule has 0 aromatic heterocycles. The van der Waals surface area contributed by atoms with Crippen molar-refractivity contribution in [1.29, 1.82) is 0 Å². The summed E-state index contributed by atoms with van der Waals surface area (Å²) in [6.45, 7) is 0. The molecule has 0 heterocycles. The van der Waals surface area contributed by atoms with E-state index in [0.29, 0.717) is 10.7 Å². The van der Waals surface area contributed by atoms with Gasteiger partial charge in [-0.15, -0.1) is 0 Å². The molecule has 6 heteroatoms. The van der Waals surface area contributed by atoms with Gasteiger partial charge in [-0.2, -0.15) is 0 Å². The number of carboxylic acid groups (broad SMARTS) is 1. The molecule has 1 fully saturated rings. The minimum atomic E-state index is -0.927. The molecule has 3 rings (SSSR count). The van der Waals surface area contributed by atoms with E-state index >= 15 is 0 Å². The first kappa shape index (κ1) is 14.4. The third-order valence-electron chi connectivity index (χ3n) is 4.26. The summed E-state index contributed by atoms with van der Waals surface area (Å²) in [6.07, 6.45) is 4.56. The summed E-state index contributed by atoms with van der Waals surface area (Å²) in [5.74, 6) is -2.55. The first-order chi connectivity index (χ1) is 9.99. The van der Waals surface area contributed by atoms with Gasteiger partial charge in [-0.05, 0) is 30.4 Å². The van der Waals surface area contributed by atoms with Crippen LogP contribution in [0.2, 0.25) is 10.0 Å². The van der Waals surface area contributed by atoms with E-state index in [9.17, 15) is 14.7 Å². The van der Waals surface area contributed by atoms with Crippen LogP contribution in [0.25, 0.3) is 0 Å². The molecular formula is C15H13Cl2NO3. The van der Waals surface area contributed by atoms with Crippen LogP contribution < -0.4 is 5.32 Å². The predicted molar refractivity (Wildman–Crippen MR) is 80.4 cm³/mol. The second kappa shape index (κ2) is 5.35. The molecule has 0 spiro atoms. The zero-order chi connectivity index (χ0) is 15.1. The molecule has 2 aliphatic rings. The monoisotopic (exact) mass is 325 g/mol. The molecule has 2 aliphatic carbocycles. The van der Waals surface area contributed by atoms with Crippen molar-refractivity contribution >= 4 is 40.8 Å². The first-order valence-corrected chi connectivity index (χ1v) is 7.40. The number of halogens is 2. The van der Waals surface area contributed by atoms with Gasteiger partial charge in [0.25, 0.3) is 0 Å². The zero-order valence-electron chi connectivity index (χ0n) is 10.9. The molecule has 0 saturated heterocycles. The van der Waals surface area contributed by atoms with Crippen molar-refractivity contribution in [1.82, 2.24) is 0 Å². The predicted octanol–water partition coefficient (Wildman–Crippen LogP) is 3.45. The lowest BCUT2D eigenvalue weighted by molar-refractivity contribution is -0.146. The Labute approximate surface area is 131 Å². The van der Waals surface area contributed by atoms with Gasteiger partial charge in [0.15, 0.2) is 0 Å². The van der Waals surface area contributed by atoms with Crippen LogP contribution in [0.3, 0.4) is 0 Å². The Morgan fingerprint density at radius 3 is 2.48 bits per heavy atom. The number of hydrogen-bond donors (Lipinski definition) is 2. The van der Waals surface area contributed by atoms with Crippen LogP contribution in [0.15, 0.2) is 30.4 Å². The second-order valence-corrected chi connectivity index (χ2v) is 6.21. The second-order valence-electron chi connectivity index (χ2n) is 5.43. The van der Waals surface area contributed by atoms with Gasteiger partial charge in [0, 0.05) is 0 Å². The Bertz CT molecular complexity index is 644. The van der Waals surface area contributed by atoms with Gasteiger partial charge in [-0.25, -0.2) is 0 Å². The fourth-order valence-electron chi connectivity index (χ4n) is 3.33. The van der Waals surface area contributed by atoms with Crippen LogP contribution in [0.1, 0.15) is 6.42 Å². The smallest absolute Gasteiger partial charge is 0.307 e. The fraction of sp³-hybridized carbons (Fsp3) is 0.333. The molecule has 0 radical (unpaired) electrons. The van der Waals surface area contributed by atoms with Gasteiger partial charge >= 0.3 is 5.97 Å². The standard InChI is InChI=1S/C15H13Cl2NO3/c16-9-2-1-3-10(13(9)17)18-14(19)11-7-4-5-8(6-7)12(11)15(20)21/h1-5,7-8,11-12H,6H2,(H,18,19)(H,20,21)/t7-,8+,11-,12+/m0/s1. The largest absolute Gasteiger partial charge is 0.481 e. The maximum Gasteiger partial charge on any atom is 0.307 e. The molecule has 110 valence electrons. The topological polar surface area (TPSA) is 66.4 Å². The average molecular weight is 326 g/mol. The average Bonchev–Trinajstić information content (AvgIpc) is 3.04. The summed E-state index contributed by atoms with van der Waals surface area (Å²) in [5.41, 5.74) is 0.407. The van der Waals surface area contributed by atoms with E-state index < -0.39 is 17.8 Å². The Hall–Kier alpha value is -1.52. The maximum atomic E-state index is 12.5. The summed E-state index contributed by atoms with van der Waals surface area (Å²) in [7, 11) is 0. The van der Waals surface area contributed by atoms with E-state index in [-0.39, 0.29) is 22.8 Å². The molecule has 0 unspecified atom stereocenters. The number of hydrogen-bond acceptors (Lipinski definition) is 2. The molecule has 2 N–H and O–H groups in total. The SMILES string of the molecule is O=C(Nc1cccc(Cl)c1Cl)[C@@H]1[C@H](C(=O)O)[C@@H]2C=C[C@H]1C2. The Kier molecular flexibility index (Phi) is 3.68. The maximum absolute atomic E-state index is 12.5. The molecule has 1 aromatic rings. The number of allylic oxidation sites excluding steroid dienone is 2. The van der Waals surface area contributed by atoms with Crippen molar-refractivity contribution in [2.45, 2.75) is 6.42 Å². The lowest BCUT2D eigenvalue weighted by atomic mass is 9.82. The highest BCUT2D eigenvalue weighted by atomic mass is 35.5. The number of amides is 1. The van der Waals surface area contributed by atoms with Crippen LogP contribution in [0.4, 0.5) is 5.69 Å². The van der Waals surface area contributed by atoms with Gasteiger partial charge in [0.05, 0.1) is 27.6 Å². The third kappa shape index (κ3) is 2.43. The quantitative estimate of drug-likeness (QED) is 0.836. The molecular weight excluding hydrogens is 313 g/mol. The number of rotatable bonds is 3. The van der Waals surface area contributed by atoms with E-state index in [1.54, 1.807) is 18.2 Å². The highest BCUT2D eigenvalue weighted by Gasteiger charge is 2.51. The van der Waals surface area contributed by atoms with E-state index in [2.05, 4.69) is 5.32 Å². The normalized spacial score (nSPS) is 29.6. The number of benzene rings is 1. The molecule has 21 heavy (non-hydrogen) atoms. The Morgan fingerprint density at radius 2 is 1.81 bits per heavy atom. The van der Waals surface area contributed by atoms with Crippen LogP contribution in [-0.2, 0) is 9.59 Å². The first-order valence-electron chi connectivity index (χ1n) is 6.65. The highest BCUT2D eigenvalue weighted by Crippen LogP contribution is 2.48. The van der Waals surface area contributed by atoms with Gasteiger partial charge in [-0.3, -0.25) is 9.59 Å². The van der Waals surface area contributed by atoms with Crippen molar-refractivity contribution in [2.24, 2.45) is 23.7 Å². The van der Waals surface area contributed by atoms with Crippen molar-refractivity contribution in [3.8, 4) is 0 Å². The van der Waals surface area contributed by atoms with E-state index in [4.69, 9.17) is 23.2 Å². The zero-order valence-corrected chi connectivity index (χ0v) is 12.4. The molecule has 1 amide bonds. The Morgan fingerprint density at radius 1 is 1.14 bits per heavy atom. The van der Waals surface area contributed by atoms with E-state index in [0.717, 1.165) is 6.42 Å². The van der Waals surface area contributed by atoms with Gasteiger partial charge in [0.1, 0.15) is 0 Å². The summed E-state index contributed by atoms with van der Waals surface area (Å²) < 4.78 is 0. The molecule has 2 bridgehead atoms. The lowest BCUT2D eigenvalue weighted by Crippen LogP contribution is -2.36. The number of aliphatic carboxylic acids is 1. The molecule has 1 aromatic carbocycles. The number of nitrogens with one attached hydrogen (secondary N) is 1. The number of carbonyl (C=O) groups excluding carboxylic acids is 1. The van der Waals surface area contributed by atoms with Crippen molar-refractivity contribution < 1.29 is 14.7 Å². The summed E-state index contributed by atoms with van der Waals surface area (Å²) in [5, 5.41) is 12.7. The van der Waals surface area contributed by atoms with Gasteiger partial charge in [-0.1, -0.05) is 41.4 Å².